The summed E-state index contributed by atoms with van der Waals surface area (Å²) in [6, 6.07) is 0. The van der Waals surface area contributed by atoms with Crippen LogP contribution in [-0.2, 0) is 4.79 Å². The molecule has 1 heteroatoms. The summed E-state index contributed by atoms with van der Waals surface area (Å²) in [5.74, 6) is 1.02. The number of carbonyl (C=O) groups excluding carboxylic acids is 1. The Morgan fingerprint density at radius 2 is 1.33 bits per heavy atom. The fourth-order valence-corrected chi connectivity index (χ4v) is 2.72. The second-order valence-electron chi connectivity index (χ2n) is 6.03. The minimum atomic E-state index is 0.462. The molecule has 106 valence electrons. The first-order chi connectivity index (χ1) is 8.84. The molecule has 0 atom stereocenters. The van der Waals surface area contributed by atoms with Crippen LogP contribution < -0.4 is 0 Å². The lowest BCUT2D eigenvalue weighted by Crippen LogP contribution is -2.21. The maximum Gasteiger partial charge on any atom is 0.135 e. The van der Waals surface area contributed by atoms with Gasteiger partial charge in [0.1, 0.15) is 5.78 Å². The Hall–Kier alpha value is -0.330. The molecule has 1 aliphatic rings. The highest BCUT2D eigenvalue weighted by Gasteiger charge is 2.23. The smallest absolute Gasteiger partial charge is 0.135 e. The zero-order valence-electron chi connectivity index (χ0n) is 12.4. The van der Waals surface area contributed by atoms with Crippen molar-refractivity contribution in [2.24, 2.45) is 5.92 Å². The monoisotopic (exact) mass is 252 g/mol. The molecule has 0 unspecified atom stereocenters. The quantitative estimate of drug-likeness (QED) is 0.409. The van der Waals surface area contributed by atoms with E-state index in [0.717, 1.165) is 12.8 Å². The van der Waals surface area contributed by atoms with Gasteiger partial charge in [-0.25, -0.2) is 0 Å². The van der Waals surface area contributed by atoms with E-state index < -0.39 is 0 Å². The number of hydrogen-bond acceptors (Lipinski definition) is 1. The average molecular weight is 252 g/mol. The summed E-state index contributed by atoms with van der Waals surface area (Å²) in [4.78, 5) is 11.7. The molecule has 0 aromatic carbocycles. The van der Waals surface area contributed by atoms with Crippen LogP contribution >= 0.6 is 0 Å². The Labute approximate surface area is 114 Å². The Balaban J connectivity index is 1.74. The van der Waals surface area contributed by atoms with Crippen molar-refractivity contribution < 1.29 is 4.79 Å². The predicted octanol–water partition coefficient (Wildman–Crippen LogP) is 5.67. The minimum Gasteiger partial charge on any atom is -0.299 e. The van der Waals surface area contributed by atoms with Crippen molar-refractivity contribution in [3.05, 3.63) is 0 Å². The van der Waals surface area contributed by atoms with Crippen LogP contribution in [0.3, 0.4) is 0 Å². The first-order valence-corrected chi connectivity index (χ1v) is 8.37. The van der Waals surface area contributed by atoms with Gasteiger partial charge in [-0.05, 0) is 19.3 Å². The third-order valence-electron chi connectivity index (χ3n) is 4.34. The molecule has 1 rings (SSSR count). The topological polar surface area (TPSA) is 17.1 Å². The van der Waals surface area contributed by atoms with E-state index in [9.17, 15) is 4.79 Å². The number of carbonyl (C=O) groups is 1. The number of ketones is 1. The van der Waals surface area contributed by atoms with Crippen molar-refractivity contribution in [2.45, 2.75) is 96.8 Å². The van der Waals surface area contributed by atoms with E-state index in [4.69, 9.17) is 0 Å². The summed E-state index contributed by atoms with van der Waals surface area (Å²) in [6.45, 7) is 2.27. The molecule has 0 saturated heterocycles. The highest BCUT2D eigenvalue weighted by atomic mass is 16.1. The van der Waals surface area contributed by atoms with Crippen molar-refractivity contribution in [1.82, 2.24) is 0 Å². The lowest BCUT2D eigenvalue weighted by atomic mass is 9.80. The number of rotatable bonds is 12. The molecule has 0 aliphatic heterocycles. The first kappa shape index (κ1) is 15.7. The molecule has 0 aromatic rings. The highest BCUT2D eigenvalue weighted by molar-refractivity contribution is 5.81. The van der Waals surface area contributed by atoms with Crippen LogP contribution in [0.4, 0.5) is 0 Å². The van der Waals surface area contributed by atoms with Gasteiger partial charge >= 0.3 is 0 Å². The van der Waals surface area contributed by atoms with Crippen LogP contribution in [-0.4, -0.2) is 5.78 Å². The van der Waals surface area contributed by atoms with Gasteiger partial charge < -0.3 is 0 Å². The van der Waals surface area contributed by atoms with Gasteiger partial charge in [0.2, 0.25) is 0 Å². The number of unbranched alkanes of at least 4 members (excludes halogenated alkanes) is 9. The Morgan fingerprint density at radius 3 is 1.78 bits per heavy atom. The zero-order chi connectivity index (χ0) is 13.1. The van der Waals surface area contributed by atoms with Gasteiger partial charge in [-0.15, -0.1) is 0 Å². The lowest BCUT2D eigenvalue weighted by Gasteiger charge is -2.23. The SMILES string of the molecule is CCCCCCCCCCCCC(=O)C1CCC1. The highest BCUT2D eigenvalue weighted by Crippen LogP contribution is 2.28. The fraction of sp³-hybridized carbons (Fsp3) is 0.941. The molecule has 1 nitrogen and oxygen atoms in total. The summed E-state index contributed by atoms with van der Waals surface area (Å²) < 4.78 is 0. The van der Waals surface area contributed by atoms with Crippen LogP contribution in [0, 0.1) is 5.92 Å². The summed E-state index contributed by atoms with van der Waals surface area (Å²) in [7, 11) is 0. The molecule has 1 saturated carbocycles. The van der Waals surface area contributed by atoms with Crippen molar-refractivity contribution in [1.29, 1.82) is 0 Å². The molecule has 0 aromatic heterocycles. The van der Waals surface area contributed by atoms with Gasteiger partial charge in [0.25, 0.3) is 0 Å². The maximum atomic E-state index is 11.7. The largest absolute Gasteiger partial charge is 0.299 e. The molecule has 0 bridgehead atoms. The number of Topliss-reactive ketones (excluding diaryl/α,β-unsaturated/α-hetero) is 1. The molecular weight excluding hydrogens is 220 g/mol. The molecule has 0 radical (unpaired) electrons. The zero-order valence-corrected chi connectivity index (χ0v) is 12.4. The van der Waals surface area contributed by atoms with Gasteiger partial charge in [0, 0.05) is 12.3 Å². The van der Waals surface area contributed by atoms with Gasteiger partial charge in [-0.1, -0.05) is 71.1 Å². The van der Waals surface area contributed by atoms with Crippen LogP contribution in [0.1, 0.15) is 96.8 Å². The Kier molecular flexibility index (Phi) is 9.24. The fourth-order valence-electron chi connectivity index (χ4n) is 2.72. The van der Waals surface area contributed by atoms with Gasteiger partial charge in [-0.3, -0.25) is 4.79 Å². The van der Waals surface area contributed by atoms with Crippen LogP contribution in [0.25, 0.3) is 0 Å². The predicted molar refractivity (Wildman–Crippen MR) is 78.8 cm³/mol. The van der Waals surface area contributed by atoms with E-state index in [1.165, 1.54) is 77.0 Å². The molecule has 1 fully saturated rings. The summed E-state index contributed by atoms with van der Waals surface area (Å²) in [5, 5.41) is 0. The van der Waals surface area contributed by atoms with Gasteiger partial charge in [0.15, 0.2) is 0 Å². The second-order valence-corrected chi connectivity index (χ2v) is 6.03. The maximum absolute atomic E-state index is 11.7. The Morgan fingerprint density at radius 1 is 0.833 bits per heavy atom. The summed E-state index contributed by atoms with van der Waals surface area (Å²) in [5.41, 5.74) is 0. The molecular formula is C17H32O. The van der Waals surface area contributed by atoms with Crippen LogP contribution in [0.2, 0.25) is 0 Å². The van der Waals surface area contributed by atoms with Crippen LogP contribution in [0.5, 0.6) is 0 Å². The van der Waals surface area contributed by atoms with Crippen molar-refractivity contribution in [3.8, 4) is 0 Å². The molecule has 0 N–H and O–H groups in total. The standard InChI is InChI=1S/C17H32O/c1-2-3-4-5-6-7-8-9-10-11-15-17(18)16-13-12-14-16/h16H,2-15H2,1H3. The molecule has 1 aliphatic carbocycles. The minimum absolute atomic E-state index is 0.462. The molecule has 18 heavy (non-hydrogen) atoms. The average Bonchev–Trinajstić information content (AvgIpc) is 2.29. The van der Waals surface area contributed by atoms with Crippen LogP contribution in [0.15, 0.2) is 0 Å². The van der Waals surface area contributed by atoms with Gasteiger partial charge in [-0.2, -0.15) is 0 Å². The third-order valence-corrected chi connectivity index (χ3v) is 4.34. The summed E-state index contributed by atoms with van der Waals surface area (Å²) >= 11 is 0. The van der Waals surface area contributed by atoms with E-state index in [0.29, 0.717) is 11.7 Å². The Bertz CT molecular complexity index is 206. The molecule has 0 spiro atoms. The molecule has 0 heterocycles. The van der Waals surface area contributed by atoms with Gasteiger partial charge in [0.05, 0.1) is 0 Å². The lowest BCUT2D eigenvalue weighted by molar-refractivity contribution is -0.125. The van der Waals surface area contributed by atoms with Crippen molar-refractivity contribution >= 4 is 5.78 Å². The number of hydrogen-bond donors (Lipinski definition) is 0. The van der Waals surface area contributed by atoms with Crippen molar-refractivity contribution in [3.63, 3.8) is 0 Å². The van der Waals surface area contributed by atoms with E-state index >= 15 is 0 Å². The second kappa shape index (κ2) is 10.6. The summed E-state index contributed by atoms with van der Waals surface area (Å²) in [6.07, 6.45) is 18.1. The van der Waals surface area contributed by atoms with E-state index in [1.807, 2.05) is 0 Å². The van der Waals surface area contributed by atoms with E-state index in [1.54, 1.807) is 0 Å². The first-order valence-electron chi connectivity index (χ1n) is 8.37. The van der Waals surface area contributed by atoms with Crippen molar-refractivity contribution in [2.75, 3.05) is 0 Å². The normalized spacial score (nSPS) is 15.6. The third kappa shape index (κ3) is 7.18. The van der Waals surface area contributed by atoms with E-state index in [-0.39, 0.29) is 0 Å². The van der Waals surface area contributed by atoms with E-state index in [2.05, 4.69) is 6.92 Å². The molecule has 0 amide bonds.